The van der Waals surface area contributed by atoms with Gasteiger partial charge in [-0.2, -0.15) is 14.5 Å². The molecule has 0 spiro atoms. The van der Waals surface area contributed by atoms with E-state index in [1.165, 1.54) is 10.4 Å². The van der Waals surface area contributed by atoms with Gasteiger partial charge in [-0.1, -0.05) is 6.92 Å². The van der Waals surface area contributed by atoms with Crippen LogP contribution in [-0.2, 0) is 14.8 Å². The van der Waals surface area contributed by atoms with Gasteiger partial charge >= 0.3 is 0 Å². The minimum atomic E-state index is -3.68. The smallest absolute Gasteiger partial charge is 0.246 e. The Morgan fingerprint density at radius 2 is 2.11 bits per heavy atom. The fourth-order valence-corrected chi connectivity index (χ4v) is 5.43. The molecule has 3 heterocycles. The molecule has 1 aromatic heterocycles. The van der Waals surface area contributed by atoms with Gasteiger partial charge in [0, 0.05) is 38.9 Å². The molecule has 1 N–H and O–H groups in total. The zero-order valence-corrected chi connectivity index (χ0v) is 17.3. The lowest BCUT2D eigenvalue weighted by Gasteiger charge is -2.16. The van der Waals surface area contributed by atoms with Gasteiger partial charge in [-0.15, -0.1) is 12.3 Å². The van der Waals surface area contributed by atoms with Crippen LogP contribution in [0.2, 0.25) is 0 Å². The Labute approximate surface area is 165 Å². The van der Waals surface area contributed by atoms with Gasteiger partial charge in [0.05, 0.1) is 5.92 Å². The zero-order valence-electron chi connectivity index (χ0n) is 16.4. The molecule has 9 heteroatoms. The summed E-state index contributed by atoms with van der Waals surface area (Å²) in [6.07, 6.45) is 7.17. The molecule has 0 saturated carbocycles. The van der Waals surface area contributed by atoms with E-state index in [2.05, 4.69) is 21.5 Å². The van der Waals surface area contributed by atoms with Crippen molar-refractivity contribution < 1.29 is 17.6 Å². The summed E-state index contributed by atoms with van der Waals surface area (Å²) in [6, 6.07) is 1.53. The minimum Gasteiger partial charge on any atom is -0.465 e. The van der Waals surface area contributed by atoms with E-state index in [4.69, 9.17) is 10.8 Å². The quantitative estimate of drug-likeness (QED) is 0.669. The Kier molecular flexibility index (Phi) is 5.64. The Morgan fingerprint density at radius 3 is 2.68 bits per heavy atom. The predicted octanol–water partition coefficient (Wildman–Crippen LogP) is 2.23. The van der Waals surface area contributed by atoms with Crippen LogP contribution in [0.1, 0.15) is 37.7 Å². The number of aryl methyl sites for hydroxylation is 2. The zero-order chi connectivity index (χ0) is 20.5. The van der Waals surface area contributed by atoms with Crippen LogP contribution in [-0.4, -0.2) is 43.9 Å². The van der Waals surface area contributed by atoms with Gasteiger partial charge in [0.25, 0.3) is 0 Å². The summed E-state index contributed by atoms with van der Waals surface area (Å²) < 4.78 is 32.6. The SMILES string of the molecule is C#CCCC1(CCNC(=O)[C@@H]2CN(S(=O)(=O)c3cc(C)oc3C)C[C@H]2C)N=N1. The lowest BCUT2D eigenvalue weighted by molar-refractivity contribution is -0.125. The van der Waals surface area contributed by atoms with Crippen molar-refractivity contribution in [1.82, 2.24) is 9.62 Å². The molecule has 0 bridgehead atoms. The van der Waals surface area contributed by atoms with Crippen LogP contribution in [0.4, 0.5) is 0 Å². The molecule has 3 rings (SSSR count). The van der Waals surface area contributed by atoms with Gasteiger partial charge in [-0.3, -0.25) is 4.79 Å². The molecule has 2 aliphatic heterocycles. The Bertz CT molecular complexity index is 922. The molecule has 0 aliphatic carbocycles. The summed E-state index contributed by atoms with van der Waals surface area (Å²) in [7, 11) is -3.68. The second kappa shape index (κ2) is 7.68. The van der Waals surface area contributed by atoms with E-state index in [1.807, 2.05) is 6.92 Å². The molecule has 2 aliphatic rings. The summed E-state index contributed by atoms with van der Waals surface area (Å²) in [5, 5.41) is 11.0. The number of furan rings is 1. The highest BCUT2D eigenvalue weighted by Crippen LogP contribution is 2.36. The van der Waals surface area contributed by atoms with Gasteiger partial charge < -0.3 is 9.73 Å². The topological polar surface area (TPSA) is 104 Å². The van der Waals surface area contributed by atoms with Crippen molar-refractivity contribution in [1.29, 1.82) is 0 Å². The summed E-state index contributed by atoms with van der Waals surface area (Å²) in [5.74, 6) is 2.88. The van der Waals surface area contributed by atoms with Gasteiger partial charge in [0.15, 0.2) is 5.66 Å². The molecule has 1 aromatic rings. The molecule has 1 fully saturated rings. The number of nitrogens with zero attached hydrogens (tertiary/aromatic N) is 3. The first-order valence-corrected chi connectivity index (χ1v) is 10.8. The fraction of sp³-hybridized carbons (Fsp3) is 0.632. The fourth-order valence-electron chi connectivity index (χ4n) is 3.65. The van der Waals surface area contributed by atoms with E-state index in [-0.39, 0.29) is 23.3 Å². The molecule has 0 radical (unpaired) electrons. The molecule has 152 valence electrons. The highest BCUT2D eigenvalue weighted by atomic mass is 32.2. The molecule has 1 saturated heterocycles. The minimum absolute atomic E-state index is 0.0752. The third kappa shape index (κ3) is 4.13. The number of terminal acetylenes is 1. The number of sulfonamides is 1. The maximum absolute atomic E-state index is 12.9. The number of carbonyl (C=O) groups excluding carboxylic acids is 1. The third-order valence-electron chi connectivity index (χ3n) is 5.41. The highest BCUT2D eigenvalue weighted by molar-refractivity contribution is 7.89. The monoisotopic (exact) mass is 406 g/mol. The van der Waals surface area contributed by atoms with Gasteiger partial charge in [-0.25, -0.2) is 8.42 Å². The molecule has 8 nitrogen and oxygen atoms in total. The first kappa shape index (κ1) is 20.6. The normalized spacial score (nSPS) is 23.5. The van der Waals surface area contributed by atoms with Gasteiger partial charge in [0.1, 0.15) is 16.4 Å². The maximum Gasteiger partial charge on any atom is 0.246 e. The van der Waals surface area contributed by atoms with Gasteiger partial charge in [0.2, 0.25) is 15.9 Å². The van der Waals surface area contributed by atoms with E-state index in [0.717, 1.165) is 0 Å². The molecule has 28 heavy (non-hydrogen) atoms. The number of carbonyl (C=O) groups is 1. The van der Waals surface area contributed by atoms with Crippen molar-refractivity contribution in [2.75, 3.05) is 19.6 Å². The molecular weight excluding hydrogens is 380 g/mol. The van der Waals surface area contributed by atoms with Crippen molar-refractivity contribution in [3.8, 4) is 12.3 Å². The van der Waals surface area contributed by atoms with E-state index < -0.39 is 21.6 Å². The average Bonchev–Trinajstić information content (AvgIpc) is 3.14. The Morgan fingerprint density at radius 1 is 1.39 bits per heavy atom. The van der Waals surface area contributed by atoms with Crippen LogP contribution < -0.4 is 5.32 Å². The van der Waals surface area contributed by atoms with Crippen molar-refractivity contribution in [2.24, 2.45) is 22.1 Å². The lowest BCUT2D eigenvalue weighted by atomic mass is 9.97. The first-order chi connectivity index (χ1) is 13.2. The molecule has 2 atom stereocenters. The van der Waals surface area contributed by atoms with Crippen molar-refractivity contribution in [2.45, 2.75) is 50.6 Å². The third-order valence-corrected chi connectivity index (χ3v) is 7.35. The first-order valence-electron chi connectivity index (χ1n) is 9.41. The summed E-state index contributed by atoms with van der Waals surface area (Å²) >= 11 is 0. The summed E-state index contributed by atoms with van der Waals surface area (Å²) in [6.45, 7) is 6.15. The van der Waals surface area contributed by atoms with Crippen LogP contribution in [0.5, 0.6) is 0 Å². The average molecular weight is 407 g/mol. The van der Waals surface area contributed by atoms with Crippen LogP contribution in [0.25, 0.3) is 0 Å². The van der Waals surface area contributed by atoms with E-state index in [9.17, 15) is 13.2 Å². The van der Waals surface area contributed by atoms with Crippen molar-refractivity contribution >= 4 is 15.9 Å². The largest absolute Gasteiger partial charge is 0.465 e. The van der Waals surface area contributed by atoms with E-state index >= 15 is 0 Å². The number of nitrogens with one attached hydrogen (secondary N) is 1. The number of hydrogen-bond acceptors (Lipinski definition) is 6. The summed E-state index contributed by atoms with van der Waals surface area (Å²) in [4.78, 5) is 12.8. The van der Waals surface area contributed by atoms with Gasteiger partial charge in [-0.05, 0) is 25.8 Å². The second-order valence-corrected chi connectivity index (χ2v) is 9.52. The van der Waals surface area contributed by atoms with E-state index in [1.54, 1.807) is 13.8 Å². The summed E-state index contributed by atoms with van der Waals surface area (Å²) in [5.41, 5.74) is -0.438. The van der Waals surface area contributed by atoms with E-state index in [0.29, 0.717) is 43.9 Å². The molecule has 0 unspecified atom stereocenters. The highest BCUT2D eigenvalue weighted by Gasteiger charge is 2.42. The Balaban J connectivity index is 1.57. The molecule has 1 amide bonds. The molecular formula is C19H26N4O4S. The van der Waals surface area contributed by atoms with Crippen LogP contribution in [0, 0.1) is 38.0 Å². The Hall–Kier alpha value is -2.18. The standard InChI is InChI=1S/C19H26N4O4S/c1-5-6-7-19(21-22-19)8-9-20-18(24)16-12-23(11-13(16)2)28(25,26)17-10-14(3)27-15(17)4/h1,10,13,16H,6-9,11-12H2,2-4H3,(H,20,24)/t13-,16-/m1/s1. The number of rotatable bonds is 8. The number of amides is 1. The molecule has 0 aromatic carbocycles. The van der Waals surface area contributed by atoms with Crippen molar-refractivity contribution in [3.63, 3.8) is 0 Å². The maximum atomic E-state index is 12.9. The van der Waals surface area contributed by atoms with Crippen molar-refractivity contribution in [3.05, 3.63) is 17.6 Å². The predicted molar refractivity (Wildman–Crippen MR) is 103 cm³/mol. The number of hydrogen-bond donors (Lipinski definition) is 1. The van der Waals surface area contributed by atoms with Crippen LogP contribution in [0.3, 0.4) is 0 Å². The van der Waals surface area contributed by atoms with Crippen LogP contribution in [0.15, 0.2) is 25.6 Å². The second-order valence-electron chi connectivity index (χ2n) is 7.61. The lowest BCUT2D eigenvalue weighted by Crippen LogP contribution is -2.37. The van der Waals surface area contributed by atoms with Crippen LogP contribution >= 0.6 is 0 Å².